The summed E-state index contributed by atoms with van der Waals surface area (Å²) in [5.41, 5.74) is 0. The first-order valence-electron chi connectivity index (χ1n) is 3.20. The molecule has 0 saturated heterocycles. The van der Waals surface area contributed by atoms with E-state index < -0.39 is 0 Å². The van der Waals surface area contributed by atoms with E-state index in [-0.39, 0.29) is 6.29 Å². The summed E-state index contributed by atoms with van der Waals surface area (Å²) in [6, 6.07) is 0. The van der Waals surface area contributed by atoms with Crippen LogP contribution in [0.3, 0.4) is 0 Å². The summed E-state index contributed by atoms with van der Waals surface area (Å²) >= 11 is 0. The Bertz CT molecular complexity index is 112. The molecular weight excluding hydrogens is 128 g/mol. The Morgan fingerprint density at radius 2 is 1.70 bits per heavy atom. The fourth-order valence-corrected chi connectivity index (χ4v) is 0.519. The third-order valence-corrected chi connectivity index (χ3v) is 1.04. The minimum absolute atomic E-state index is 0.226. The number of methoxy groups -OCH3 is 2. The number of hydrogen-bond acceptors (Lipinski definition) is 2. The molecule has 10 heavy (non-hydrogen) atoms. The van der Waals surface area contributed by atoms with Crippen LogP contribution in [-0.4, -0.2) is 20.5 Å². The summed E-state index contributed by atoms with van der Waals surface area (Å²) in [6.45, 7) is 1.96. The molecule has 0 spiro atoms. The van der Waals surface area contributed by atoms with E-state index in [2.05, 4.69) is 0 Å². The monoisotopic (exact) mass is 142 g/mol. The van der Waals surface area contributed by atoms with E-state index in [0.29, 0.717) is 0 Å². The van der Waals surface area contributed by atoms with Crippen molar-refractivity contribution in [1.82, 2.24) is 0 Å². The van der Waals surface area contributed by atoms with Gasteiger partial charge in [0.25, 0.3) is 0 Å². The quantitative estimate of drug-likeness (QED) is 0.439. The topological polar surface area (TPSA) is 18.5 Å². The lowest BCUT2D eigenvalue weighted by molar-refractivity contribution is -0.0666. The first-order valence-corrected chi connectivity index (χ1v) is 3.20. The van der Waals surface area contributed by atoms with Crippen molar-refractivity contribution in [3.8, 4) is 0 Å². The van der Waals surface area contributed by atoms with E-state index in [1.807, 2.05) is 31.2 Å². The number of hydrogen-bond donors (Lipinski definition) is 0. The minimum Gasteiger partial charge on any atom is -0.352 e. The van der Waals surface area contributed by atoms with Crippen LogP contribution < -0.4 is 0 Å². The summed E-state index contributed by atoms with van der Waals surface area (Å²) in [4.78, 5) is 0. The van der Waals surface area contributed by atoms with E-state index in [1.165, 1.54) is 0 Å². The number of allylic oxidation sites excluding steroid dienone is 3. The zero-order chi connectivity index (χ0) is 7.82. The van der Waals surface area contributed by atoms with Gasteiger partial charge in [0.2, 0.25) is 0 Å². The van der Waals surface area contributed by atoms with Crippen molar-refractivity contribution in [3.63, 3.8) is 0 Å². The maximum atomic E-state index is 4.90. The predicted molar refractivity (Wildman–Crippen MR) is 41.8 cm³/mol. The van der Waals surface area contributed by atoms with Gasteiger partial charge >= 0.3 is 0 Å². The molecule has 0 aromatic carbocycles. The molecule has 0 atom stereocenters. The van der Waals surface area contributed by atoms with Gasteiger partial charge in [-0.1, -0.05) is 18.2 Å². The first kappa shape index (κ1) is 9.40. The lowest BCUT2D eigenvalue weighted by atomic mass is 10.4. The predicted octanol–water partition coefficient (Wildman–Crippen LogP) is 1.74. The molecule has 0 aliphatic rings. The highest BCUT2D eigenvalue weighted by Gasteiger charge is 1.94. The van der Waals surface area contributed by atoms with Crippen LogP contribution in [0.1, 0.15) is 6.92 Å². The van der Waals surface area contributed by atoms with Crippen LogP contribution in [0.4, 0.5) is 0 Å². The Hall–Kier alpha value is -0.600. The second-order valence-corrected chi connectivity index (χ2v) is 1.75. The molecule has 2 nitrogen and oxygen atoms in total. The van der Waals surface area contributed by atoms with Gasteiger partial charge in [-0.3, -0.25) is 0 Å². The van der Waals surface area contributed by atoms with E-state index >= 15 is 0 Å². The Balaban J connectivity index is 3.60. The standard InChI is InChI=1S/C8H14O2/c1-4-5-6-7-8(9-2)10-3/h4-8H,1-3H3/b5-4+,7-6+. The van der Waals surface area contributed by atoms with Crippen molar-refractivity contribution in [2.45, 2.75) is 13.2 Å². The second-order valence-electron chi connectivity index (χ2n) is 1.75. The van der Waals surface area contributed by atoms with E-state index in [9.17, 15) is 0 Å². The molecule has 0 fully saturated rings. The highest BCUT2D eigenvalue weighted by atomic mass is 16.7. The van der Waals surface area contributed by atoms with Gasteiger partial charge in [0.1, 0.15) is 0 Å². The van der Waals surface area contributed by atoms with E-state index in [1.54, 1.807) is 14.2 Å². The Kier molecular flexibility index (Phi) is 6.13. The SMILES string of the molecule is C/C=C/C=C/C(OC)OC. The Morgan fingerprint density at radius 1 is 1.10 bits per heavy atom. The molecule has 2 heteroatoms. The van der Waals surface area contributed by atoms with Gasteiger partial charge in [-0.2, -0.15) is 0 Å². The second kappa shape index (κ2) is 6.52. The number of rotatable bonds is 4. The van der Waals surface area contributed by atoms with Crippen LogP contribution in [0, 0.1) is 0 Å². The highest BCUT2D eigenvalue weighted by Crippen LogP contribution is 1.92. The van der Waals surface area contributed by atoms with Crippen molar-refractivity contribution < 1.29 is 9.47 Å². The highest BCUT2D eigenvalue weighted by molar-refractivity contribution is 5.02. The fourth-order valence-electron chi connectivity index (χ4n) is 0.519. The van der Waals surface area contributed by atoms with Crippen LogP contribution in [-0.2, 0) is 9.47 Å². The fraction of sp³-hybridized carbons (Fsp3) is 0.500. The summed E-state index contributed by atoms with van der Waals surface area (Å²) in [5.74, 6) is 0. The summed E-state index contributed by atoms with van der Waals surface area (Å²) < 4.78 is 9.81. The van der Waals surface area contributed by atoms with Crippen LogP contribution in [0.25, 0.3) is 0 Å². The molecule has 0 aromatic heterocycles. The Morgan fingerprint density at radius 3 is 2.10 bits per heavy atom. The zero-order valence-electron chi connectivity index (χ0n) is 6.70. The van der Waals surface area contributed by atoms with Crippen molar-refractivity contribution >= 4 is 0 Å². The molecule has 0 amide bonds. The first-order chi connectivity index (χ1) is 4.85. The van der Waals surface area contributed by atoms with Crippen molar-refractivity contribution in [2.75, 3.05) is 14.2 Å². The normalized spacial score (nSPS) is 12.4. The lowest BCUT2D eigenvalue weighted by Gasteiger charge is -2.05. The van der Waals surface area contributed by atoms with Crippen molar-refractivity contribution in [2.24, 2.45) is 0 Å². The molecule has 0 unspecified atom stereocenters. The van der Waals surface area contributed by atoms with Gasteiger partial charge < -0.3 is 9.47 Å². The summed E-state index contributed by atoms with van der Waals surface area (Å²) in [5, 5.41) is 0. The lowest BCUT2D eigenvalue weighted by Crippen LogP contribution is -2.08. The smallest absolute Gasteiger partial charge is 0.176 e. The third-order valence-electron chi connectivity index (χ3n) is 1.04. The van der Waals surface area contributed by atoms with Crippen LogP contribution in [0.2, 0.25) is 0 Å². The van der Waals surface area contributed by atoms with Gasteiger partial charge in [0.15, 0.2) is 6.29 Å². The molecular formula is C8H14O2. The summed E-state index contributed by atoms with van der Waals surface area (Å²) in [6.07, 6.45) is 7.36. The third kappa shape index (κ3) is 4.30. The Labute approximate surface area is 62.1 Å². The zero-order valence-corrected chi connectivity index (χ0v) is 6.70. The van der Waals surface area contributed by atoms with Gasteiger partial charge in [0, 0.05) is 14.2 Å². The van der Waals surface area contributed by atoms with Crippen molar-refractivity contribution in [3.05, 3.63) is 24.3 Å². The van der Waals surface area contributed by atoms with Crippen molar-refractivity contribution in [1.29, 1.82) is 0 Å². The van der Waals surface area contributed by atoms with E-state index in [0.717, 1.165) is 0 Å². The molecule has 0 aliphatic carbocycles. The van der Waals surface area contributed by atoms with Gasteiger partial charge in [-0.25, -0.2) is 0 Å². The average molecular weight is 142 g/mol. The molecule has 0 N–H and O–H groups in total. The average Bonchev–Trinajstić information content (AvgIpc) is 1.99. The molecule has 0 bridgehead atoms. The van der Waals surface area contributed by atoms with Crippen LogP contribution in [0.5, 0.6) is 0 Å². The largest absolute Gasteiger partial charge is 0.352 e. The molecule has 0 saturated carbocycles. The molecule has 0 aromatic rings. The van der Waals surface area contributed by atoms with Gasteiger partial charge in [-0.15, -0.1) is 0 Å². The molecule has 58 valence electrons. The van der Waals surface area contributed by atoms with Gasteiger partial charge in [0.05, 0.1) is 0 Å². The van der Waals surface area contributed by atoms with Crippen LogP contribution in [0.15, 0.2) is 24.3 Å². The van der Waals surface area contributed by atoms with Crippen LogP contribution >= 0.6 is 0 Å². The molecule has 0 aliphatic heterocycles. The molecule has 0 radical (unpaired) electrons. The summed E-state index contributed by atoms with van der Waals surface area (Å²) in [7, 11) is 3.21. The minimum atomic E-state index is -0.226. The maximum absolute atomic E-state index is 4.90. The van der Waals surface area contributed by atoms with Gasteiger partial charge in [-0.05, 0) is 13.0 Å². The molecule has 0 heterocycles. The number of ether oxygens (including phenoxy) is 2. The maximum Gasteiger partial charge on any atom is 0.176 e. The van der Waals surface area contributed by atoms with E-state index in [4.69, 9.17) is 9.47 Å². The molecule has 0 rings (SSSR count).